The quantitative estimate of drug-likeness (QED) is 0.732. The van der Waals surface area contributed by atoms with Crippen molar-refractivity contribution in [3.8, 4) is 17.0 Å². The van der Waals surface area contributed by atoms with Crippen LogP contribution in [0.2, 0.25) is 0 Å². The number of fused-ring (bicyclic) bond motifs is 1. The van der Waals surface area contributed by atoms with E-state index in [1.807, 2.05) is 36.6 Å². The van der Waals surface area contributed by atoms with Gasteiger partial charge in [-0.2, -0.15) is 13.2 Å². The van der Waals surface area contributed by atoms with E-state index in [2.05, 4.69) is 9.97 Å². The van der Waals surface area contributed by atoms with Crippen LogP contribution in [0, 0.1) is 6.92 Å². The number of hydrogen-bond donors (Lipinski definition) is 1. The van der Waals surface area contributed by atoms with Crippen LogP contribution in [-0.4, -0.2) is 35.2 Å². The fourth-order valence-electron chi connectivity index (χ4n) is 2.29. The van der Waals surface area contributed by atoms with Crippen molar-refractivity contribution >= 4 is 27.5 Å². The number of aromatic nitrogens is 2. The zero-order valence-electron chi connectivity index (χ0n) is 13.6. The summed E-state index contributed by atoms with van der Waals surface area (Å²) in [7, 11) is 0. The van der Waals surface area contributed by atoms with Gasteiger partial charge in [0.15, 0.2) is 6.61 Å². The Hall–Kier alpha value is -2.68. The van der Waals surface area contributed by atoms with Gasteiger partial charge in [0.25, 0.3) is 5.91 Å². The zero-order chi connectivity index (χ0) is 18.7. The van der Waals surface area contributed by atoms with E-state index in [1.165, 1.54) is 17.7 Å². The van der Waals surface area contributed by atoms with Crippen LogP contribution in [0.1, 0.15) is 5.56 Å². The first-order valence-corrected chi connectivity index (χ1v) is 8.47. The lowest BCUT2D eigenvalue weighted by Gasteiger charge is -2.10. The molecule has 0 spiro atoms. The highest BCUT2D eigenvalue weighted by molar-refractivity contribution is 7.17. The molecular weight excluding hydrogens is 367 g/mol. The lowest BCUT2D eigenvalue weighted by atomic mass is 10.0. The molecule has 2 heterocycles. The van der Waals surface area contributed by atoms with Gasteiger partial charge in [-0.25, -0.2) is 9.97 Å². The third-order valence-corrected chi connectivity index (χ3v) is 4.41. The molecule has 26 heavy (non-hydrogen) atoms. The second kappa shape index (κ2) is 7.28. The number of carbonyl (C=O) groups excluding carboxylic acids is 1. The predicted molar refractivity (Wildman–Crippen MR) is 92.1 cm³/mol. The lowest BCUT2D eigenvalue weighted by molar-refractivity contribution is -0.139. The van der Waals surface area contributed by atoms with Gasteiger partial charge >= 0.3 is 6.18 Å². The molecule has 0 unspecified atom stereocenters. The van der Waals surface area contributed by atoms with E-state index in [4.69, 9.17) is 4.74 Å². The number of nitrogens with one attached hydrogen (secondary N) is 1. The molecule has 0 radical (unpaired) electrons. The summed E-state index contributed by atoms with van der Waals surface area (Å²) < 4.78 is 41.8. The van der Waals surface area contributed by atoms with Gasteiger partial charge in [0.2, 0.25) is 5.88 Å². The maximum absolute atomic E-state index is 12.1. The van der Waals surface area contributed by atoms with Crippen LogP contribution in [0.4, 0.5) is 13.2 Å². The summed E-state index contributed by atoms with van der Waals surface area (Å²) in [5, 5.41) is 4.29. The van der Waals surface area contributed by atoms with Gasteiger partial charge < -0.3 is 10.1 Å². The van der Waals surface area contributed by atoms with Crippen LogP contribution in [-0.2, 0) is 4.79 Å². The smallest absolute Gasteiger partial charge is 0.405 e. The Kier molecular flexibility index (Phi) is 5.08. The van der Waals surface area contributed by atoms with Crippen molar-refractivity contribution in [2.75, 3.05) is 13.2 Å². The first-order chi connectivity index (χ1) is 12.3. The Morgan fingerprint density at radius 2 is 1.96 bits per heavy atom. The number of thiophene rings is 1. The average Bonchev–Trinajstić information content (AvgIpc) is 3.03. The maximum Gasteiger partial charge on any atom is 0.405 e. The molecule has 9 heteroatoms. The van der Waals surface area contributed by atoms with Gasteiger partial charge in [-0.05, 0) is 12.5 Å². The van der Waals surface area contributed by atoms with Crippen molar-refractivity contribution in [2.24, 2.45) is 0 Å². The normalized spacial score (nSPS) is 11.5. The molecule has 0 fully saturated rings. The van der Waals surface area contributed by atoms with Crippen LogP contribution >= 0.6 is 11.3 Å². The SMILES string of the molecule is Cc1ccc(-c2csc3ncnc(OCC(=O)NCC(F)(F)F)c23)cc1. The molecule has 0 bridgehead atoms. The molecule has 0 aliphatic heterocycles. The highest BCUT2D eigenvalue weighted by Crippen LogP contribution is 2.37. The molecule has 1 amide bonds. The minimum Gasteiger partial charge on any atom is -0.467 e. The summed E-state index contributed by atoms with van der Waals surface area (Å²) in [6, 6.07) is 7.83. The largest absolute Gasteiger partial charge is 0.467 e. The van der Waals surface area contributed by atoms with Crippen LogP contribution in [0.15, 0.2) is 36.0 Å². The van der Waals surface area contributed by atoms with Crippen molar-refractivity contribution in [2.45, 2.75) is 13.1 Å². The van der Waals surface area contributed by atoms with Crippen LogP contribution in [0.5, 0.6) is 5.88 Å². The Morgan fingerprint density at radius 1 is 1.23 bits per heavy atom. The number of amides is 1. The van der Waals surface area contributed by atoms with Crippen molar-refractivity contribution in [3.63, 3.8) is 0 Å². The molecule has 2 aromatic heterocycles. The number of carbonyl (C=O) groups is 1. The predicted octanol–water partition coefficient (Wildman–Crippen LogP) is 3.72. The van der Waals surface area contributed by atoms with E-state index in [9.17, 15) is 18.0 Å². The van der Waals surface area contributed by atoms with Gasteiger partial charge in [0, 0.05) is 10.9 Å². The van der Waals surface area contributed by atoms with E-state index in [0.29, 0.717) is 10.2 Å². The van der Waals surface area contributed by atoms with Gasteiger partial charge in [0.1, 0.15) is 17.7 Å². The minimum atomic E-state index is -4.47. The number of hydrogen-bond acceptors (Lipinski definition) is 5. The van der Waals surface area contributed by atoms with Gasteiger partial charge in [-0.3, -0.25) is 4.79 Å². The zero-order valence-corrected chi connectivity index (χ0v) is 14.4. The number of aryl methyl sites for hydroxylation is 1. The summed E-state index contributed by atoms with van der Waals surface area (Å²) in [4.78, 5) is 20.4. The summed E-state index contributed by atoms with van der Waals surface area (Å²) in [6.45, 7) is 0.0134. The van der Waals surface area contributed by atoms with E-state index >= 15 is 0 Å². The molecule has 0 saturated carbocycles. The fourth-order valence-corrected chi connectivity index (χ4v) is 3.19. The minimum absolute atomic E-state index is 0.161. The van der Waals surface area contributed by atoms with Crippen molar-refractivity contribution in [1.29, 1.82) is 0 Å². The Balaban J connectivity index is 1.82. The van der Waals surface area contributed by atoms with Crippen molar-refractivity contribution in [1.82, 2.24) is 15.3 Å². The molecule has 5 nitrogen and oxygen atoms in total. The molecule has 1 aromatic carbocycles. The fraction of sp³-hybridized carbons (Fsp3) is 0.235. The van der Waals surface area contributed by atoms with Gasteiger partial charge in [-0.1, -0.05) is 29.8 Å². The highest BCUT2D eigenvalue weighted by Gasteiger charge is 2.27. The second-order valence-electron chi connectivity index (χ2n) is 5.55. The monoisotopic (exact) mass is 381 g/mol. The van der Waals surface area contributed by atoms with E-state index < -0.39 is 25.2 Å². The lowest BCUT2D eigenvalue weighted by Crippen LogP contribution is -2.36. The average molecular weight is 381 g/mol. The molecule has 3 aromatic rings. The molecular formula is C17H14F3N3O2S. The molecule has 0 atom stereocenters. The molecule has 136 valence electrons. The Bertz CT molecular complexity index is 923. The molecule has 0 aliphatic carbocycles. The third-order valence-electron chi connectivity index (χ3n) is 3.52. The van der Waals surface area contributed by atoms with E-state index in [1.54, 1.807) is 5.32 Å². The summed E-state index contributed by atoms with van der Waals surface area (Å²) in [6.07, 6.45) is -3.18. The Morgan fingerprint density at radius 3 is 2.65 bits per heavy atom. The highest BCUT2D eigenvalue weighted by atomic mass is 32.1. The molecule has 0 saturated heterocycles. The maximum atomic E-state index is 12.1. The van der Waals surface area contributed by atoms with Crippen LogP contribution in [0.3, 0.4) is 0 Å². The van der Waals surface area contributed by atoms with E-state index in [0.717, 1.165) is 16.7 Å². The number of ether oxygens (including phenoxy) is 1. The number of alkyl halides is 3. The number of halogens is 3. The summed E-state index contributed by atoms with van der Waals surface area (Å²) >= 11 is 1.39. The van der Waals surface area contributed by atoms with Gasteiger partial charge in [0.05, 0.1) is 5.39 Å². The first kappa shape index (κ1) is 18.1. The summed E-state index contributed by atoms with van der Waals surface area (Å²) in [5.41, 5.74) is 2.89. The van der Waals surface area contributed by atoms with Crippen molar-refractivity contribution in [3.05, 3.63) is 41.5 Å². The number of nitrogens with zero attached hydrogens (tertiary/aromatic N) is 2. The van der Waals surface area contributed by atoms with Crippen molar-refractivity contribution < 1.29 is 22.7 Å². The summed E-state index contributed by atoms with van der Waals surface area (Å²) in [5.74, 6) is -0.713. The van der Waals surface area contributed by atoms with Crippen LogP contribution in [0.25, 0.3) is 21.3 Å². The topological polar surface area (TPSA) is 64.1 Å². The molecule has 1 N–H and O–H groups in total. The first-order valence-electron chi connectivity index (χ1n) is 7.59. The Labute approximate surface area is 150 Å². The number of benzene rings is 1. The van der Waals surface area contributed by atoms with E-state index in [-0.39, 0.29) is 5.88 Å². The number of rotatable bonds is 5. The van der Waals surface area contributed by atoms with Gasteiger partial charge in [-0.15, -0.1) is 11.3 Å². The van der Waals surface area contributed by atoms with Crippen LogP contribution < -0.4 is 10.1 Å². The standard InChI is InChI=1S/C17H14F3N3O2S/c1-10-2-4-11(5-3-10)12-7-26-16-14(12)15(22-9-23-16)25-6-13(24)21-8-17(18,19)20/h2-5,7,9H,6,8H2,1H3,(H,21,24). The molecule has 3 rings (SSSR count). The molecule has 0 aliphatic rings. The second-order valence-corrected chi connectivity index (χ2v) is 6.41. The third kappa shape index (κ3) is 4.29.